The van der Waals surface area contributed by atoms with E-state index in [2.05, 4.69) is 0 Å². The fraction of sp³-hybridized carbons (Fsp3) is 0.889. The molecule has 0 saturated carbocycles. The molecule has 1 aliphatic heterocycles. The molecule has 5 heteroatoms. The molecular weight excluding hydrogens is 200 g/mol. The third-order valence-corrected chi connectivity index (χ3v) is 3.16. The van der Waals surface area contributed by atoms with Gasteiger partial charge in [-0.25, -0.2) is 0 Å². The van der Waals surface area contributed by atoms with E-state index in [1.165, 1.54) is 0 Å². The van der Waals surface area contributed by atoms with Gasteiger partial charge in [-0.2, -0.15) is 0 Å². The summed E-state index contributed by atoms with van der Waals surface area (Å²) in [6.45, 7) is 0.845. The zero-order valence-corrected chi connectivity index (χ0v) is 8.91. The van der Waals surface area contributed by atoms with Crippen molar-refractivity contribution in [2.24, 2.45) is 0 Å². The van der Waals surface area contributed by atoms with Crippen molar-refractivity contribution in [1.82, 2.24) is 4.81 Å². The smallest absolute Gasteiger partial charge is 0.303 e. The molecule has 1 fully saturated rings. The summed E-state index contributed by atoms with van der Waals surface area (Å²) in [5, 5.41) is 8.58. The van der Waals surface area contributed by atoms with Gasteiger partial charge in [-0.15, -0.1) is 11.6 Å². The van der Waals surface area contributed by atoms with Crippen LogP contribution in [0.1, 0.15) is 32.1 Å². The molecule has 1 rings (SSSR count). The summed E-state index contributed by atoms with van der Waals surface area (Å²) in [6, 6.07) is 0.227. The first-order valence-corrected chi connectivity index (χ1v) is 5.42. The largest absolute Gasteiger partial charge is 0.481 e. The Morgan fingerprint density at radius 1 is 1.57 bits per heavy atom. The van der Waals surface area contributed by atoms with E-state index >= 15 is 0 Å². The van der Waals surface area contributed by atoms with Gasteiger partial charge in [-0.1, -0.05) is 6.42 Å². The van der Waals surface area contributed by atoms with Crippen LogP contribution in [0.4, 0.5) is 0 Å². The Bertz CT molecular complexity index is 193. The molecule has 0 aromatic heterocycles. The molecule has 0 aromatic carbocycles. The van der Waals surface area contributed by atoms with Gasteiger partial charge >= 0.3 is 5.97 Å². The maximum atomic E-state index is 10.3. The molecule has 78 valence electrons. The number of nitrogens with zero attached hydrogens (tertiary/aromatic N) is 1. The zero-order chi connectivity index (χ0) is 10.6. The highest BCUT2D eigenvalue weighted by Gasteiger charge is 2.28. The highest BCUT2D eigenvalue weighted by Crippen LogP contribution is 2.25. The van der Waals surface area contributed by atoms with E-state index in [1.54, 1.807) is 4.81 Å². The number of carboxylic acids is 1. The van der Waals surface area contributed by atoms with E-state index < -0.39 is 5.97 Å². The van der Waals surface area contributed by atoms with E-state index in [0.717, 1.165) is 25.8 Å². The summed E-state index contributed by atoms with van der Waals surface area (Å²) < 4.78 is 0. The van der Waals surface area contributed by atoms with Crippen molar-refractivity contribution in [2.45, 2.75) is 43.5 Å². The predicted octanol–water partition coefficient (Wildman–Crippen LogP) is 1.40. The van der Waals surface area contributed by atoms with Crippen molar-refractivity contribution in [1.29, 1.82) is 0 Å². The van der Waals surface area contributed by atoms with Gasteiger partial charge in [-0.3, -0.25) is 4.79 Å². The third-order valence-electron chi connectivity index (χ3n) is 2.65. The number of halogens is 1. The Kier molecular flexibility index (Phi) is 4.75. The number of carbonyl (C=O) groups is 1. The van der Waals surface area contributed by atoms with Gasteiger partial charge in [0.05, 0.1) is 0 Å². The summed E-state index contributed by atoms with van der Waals surface area (Å²) in [7, 11) is 5.74. The van der Waals surface area contributed by atoms with Crippen molar-refractivity contribution in [3.63, 3.8) is 0 Å². The van der Waals surface area contributed by atoms with E-state index in [9.17, 15) is 4.79 Å². The van der Waals surface area contributed by atoms with Gasteiger partial charge in [0.2, 0.25) is 0 Å². The SMILES string of the molecule is [B]N1CC[C@@H](Cl)[C@@H]1CCCCC(=O)O. The van der Waals surface area contributed by atoms with Crippen LogP contribution in [0.15, 0.2) is 0 Å². The lowest BCUT2D eigenvalue weighted by atomic mass is 10.0. The third kappa shape index (κ3) is 3.50. The minimum atomic E-state index is -0.733. The van der Waals surface area contributed by atoms with Crippen LogP contribution in [0, 0.1) is 0 Å². The summed E-state index contributed by atoms with van der Waals surface area (Å²) in [4.78, 5) is 12.0. The van der Waals surface area contributed by atoms with E-state index in [4.69, 9.17) is 24.7 Å². The first kappa shape index (κ1) is 11.9. The van der Waals surface area contributed by atoms with Gasteiger partial charge < -0.3 is 9.92 Å². The molecule has 3 nitrogen and oxygen atoms in total. The van der Waals surface area contributed by atoms with Crippen LogP contribution in [-0.2, 0) is 4.79 Å². The van der Waals surface area contributed by atoms with Crippen LogP contribution in [0.3, 0.4) is 0 Å². The van der Waals surface area contributed by atoms with Crippen LogP contribution in [-0.4, -0.2) is 41.8 Å². The van der Waals surface area contributed by atoms with Crippen LogP contribution < -0.4 is 0 Å². The molecule has 1 N–H and O–H groups in total. The molecule has 0 aliphatic carbocycles. The molecule has 2 radical (unpaired) electrons. The number of rotatable bonds is 5. The van der Waals surface area contributed by atoms with E-state index in [-0.39, 0.29) is 17.8 Å². The highest BCUT2D eigenvalue weighted by atomic mass is 35.5. The van der Waals surface area contributed by atoms with E-state index in [1.807, 2.05) is 0 Å². The van der Waals surface area contributed by atoms with Gasteiger partial charge in [-0.05, 0) is 25.8 Å². The summed E-state index contributed by atoms with van der Waals surface area (Å²) in [6.07, 6.45) is 3.67. The first-order valence-electron chi connectivity index (χ1n) is 4.98. The van der Waals surface area contributed by atoms with Crippen molar-refractivity contribution in [2.75, 3.05) is 6.54 Å². The average molecular weight is 215 g/mol. The van der Waals surface area contributed by atoms with Crippen LogP contribution >= 0.6 is 11.6 Å². The summed E-state index contributed by atoms with van der Waals surface area (Å²) in [5.74, 6) is -0.733. The number of alkyl halides is 1. The van der Waals surface area contributed by atoms with Crippen LogP contribution in [0.2, 0.25) is 0 Å². The number of aliphatic carboxylic acids is 1. The summed E-state index contributed by atoms with van der Waals surface area (Å²) in [5.41, 5.74) is 0. The predicted molar refractivity (Wildman–Crippen MR) is 56.6 cm³/mol. The number of hydrogen-bond acceptors (Lipinski definition) is 2. The fourth-order valence-corrected chi connectivity index (χ4v) is 2.18. The summed E-state index contributed by atoms with van der Waals surface area (Å²) >= 11 is 6.08. The minimum absolute atomic E-state index is 0.129. The molecule has 1 heterocycles. The van der Waals surface area contributed by atoms with Crippen LogP contribution in [0.25, 0.3) is 0 Å². The Balaban J connectivity index is 2.14. The number of unbranched alkanes of at least 4 members (excludes halogenated alkanes) is 1. The molecule has 0 spiro atoms. The quantitative estimate of drug-likeness (QED) is 0.428. The van der Waals surface area contributed by atoms with Crippen molar-refractivity contribution < 1.29 is 9.90 Å². The molecule has 0 aromatic rings. The van der Waals surface area contributed by atoms with Gasteiger partial charge in [0.1, 0.15) is 0 Å². The second kappa shape index (κ2) is 5.61. The molecule has 0 bridgehead atoms. The van der Waals surface area contributed by atoms with Crippen molar-refractivity contribution in [3.8, 4) is 0 Å². The zero-order valence-electron chi connectivity index (χ0n) is 8.16. The van der Waals surface area contributed by atoms with Crippen LogP contribution in [0.5, 0.6) is 0 Å². The number of hydrogen-bond donors (Lipinski definition) is 1. The fourth-order valence-electron chi connectivity index (χ4n) is 1.81. The Morgan fingerprint density at radius 3 is 2.79 bits per heavy atom. The first-order chi connectivity index (χ1) is 6.61. The maximum Gasteiger partial charge on any atom is 0.303 e. The maximum absolute atomic E-state index is 10.3. The standard InChI is InChI=1S/C9H15BClNO2/c10-12-6-5-7(11)8(12)3-1-2-4-9(13)14/h7-8H,1-6H2,(H,13,14)/t7-,8+/m1/s1. The molecule has 0 unspecified atom stereocenters. The van der Waals surface area contributed by atoms with Gasteiger partial charge in [0.15, 0.2) is 7.98 Å². The second-order valence-electron chi connectivity index (χ2n) is 3.75. The Morgan fingerprint density at radius 2 is 2.29 bits per heavy atom. The lowest BCUT2D eigenvalue weighted by molar-refractivity contribution is -0.137. The monoisotopic (exact) mass is 215 g/mol. The Labute approximate surface area is 90.8 Å². The second-order valence-corrected chi connectivity index (χ2v) is 4.31. The van der Waals surface area contributed by atoms with Crippen molar-refractivity contribution >= 4 is 25.6 Å². The minimum Gasteiger partial charge on any atom is -0.481 e. The highest BCUT2D eigenvalue weighted by molar-refractivity contribution is 6.21. The lowest BCUT2D eigenvalue weighted by Gasteiger charge is -2.21. The molecule has 0 amide bonds. The molecule has 1 saturated heterocycles. The molecule has 1 aliphatic rings. The van der Waals surface area contributed by atoms with Crippen molar-refractivity contribution in [3.05, 3.63) is 0 Å². The van der Waals surface area contributed by atoms with E-state index in [0.29, 0.717) is 6.42 Å². The topological polar surface area (TPSA) is 40.5 Å². The van der Waals surface area contributed by atoms with Gasteiger partial charge in [0.25, 0.3) is 0 Å². The molecule has 14 heavy (non-hydrogen) atoms. The average Bonchev–Trinajstić information content (AvgIpc) is 2.42. The molecular formula is C9H15BClNO2. The normalized spacial score (nSPS) is 28.1. The van der Waals surface area contributed by atoms with Gasteiger partial charge in [0, 0.05) is 17.8 Å². The molecule has 2 atom stereocenters. The Hall–Kier alpha value is -0.215. The lowest BCUT2D eigenvalue weighted by Crippen LogP contribution is -2.30. The number of carboxylic acid groups (broad SMARTS) is 1.